The maximum absolute atomic E-state index is 15.3. The third-order valence-corrected chi connectivity index (χ3v) is 11.5. The zero-order valence-electron chi connectivity index (χ0n) is 28.3. The van der Waals surface area contributed by atoms with Crippen LogP contribution in [0, 0.1) is 23.7 Å². The van der Waals surface area contributed by atoms with Gasteiger partial charge in [0.1, 0.15) is 11.5 Å². The summed E-state index contributed by atoms with van der Waals surface area (Å²) < 4.78 is 46.1. The van der Waals surface area contributed by atoms with E-state index in [0.717, 1.165) is 4.90 Å². The van der Waals surface area contributed by atoms with Crippen molar-refractivity contribution < 1.29 is 52.1 Å². The zero-order chi connectivity index (χ0) is 38.9. The number of anilines is 1. The molecule has 1 saturated carbocycles. The lowest BCUT2D eigenvalue weighted by Crippen LogP contribution is -2.53. The number of hydrogen-bond donors (Lipinski definition) is 3. The van der Waals surface area contributed by atoms with Crippen LogP contribution in [-0.2, 0) is 35.6 Å². The number of imide groups is 2. The number of fused-ring (bicyclic) bond motifs is 4. The number of nitrogens with one attached hydrogen (secondary N) is 1. The van der Waals surface area contributed by atoms with Crippen molar-refractivity contribution in [2.75, 3.05) is 19.1 Å². The van der Waals surface area contributed by atoms with Gasteiger partial charge in [-0.2, -0.15) is 18.2 Å². The lowest BCUT2D eigenvalue weighted by Gasteiger charge is -2.50. The molecule has 3 N–H and O–H groups in total. The van der Waals surface area contributed by atoms with Crippen molar-refractivity contribution in [1.29, 1.82) is 0 Å². The molecule has 2 aliphatic heterocycles. The van der Waals surface area contributed by atoms with Crippen molar-refractivity contribution in [2.24, 2.45) is 23.7 Å². The fraction of sp³-hybridized carbons (Fsp3) is 0.351. The summed E-state index contributed by atoms with van der Waals surface area (Å²) in [6.45, 7) is -0.109. The first-order valence-corrected chi connectivity index (χ1v) is 17.6. The number of nitrogens with zero attached hydrogens (tertiary/aromatic N) is 3. The second kappa shape index (κ2) is 13.6. The molecule has 0 bridgehead atoms. The molecule has 282 valence electrons. The number of benzene rings is 2. The third-order valence-electron chi connectivity index (χ3n) is 10.9. The molecule has 12 nitrogen and oxygen atoms in total. The minimum atomic E-state index is -4.77. The number of carboxylic acids is 1. The van der Waals surface area contributed by atoms with Crippen molar-refractivity contribution in [2.45, 2.75) is 43.2 Å². The van der Waals surface area contributed by atoms with E-state index in [1.165, 1.54) is 19.2 Å². The summed E-state index contributed by atoms with van der Waals surface area (Å²) in [4.78, 5) is 73.9. The Bertz CT molecular complexity index is 2130. The van der Waals surface area contributed by atoms with Gasteiger partial charge in [0.25, 0.3) is 11.8 Å². The van der Waals surface area contributed by atoms with Crippen molar-refractivity contribution in [1.82, 2.24) is 14.9 Å². The number of alkyl halides is 3. The number of phenols is 1. The second-order valence-corrected chi connectivity index (χ2v) is 14.5. The van der Waals surface area contributed by atoms with Crippen LogP contribution < -0.4 is 10.2 Å². The minimum absolute atomic E-state index is 0.0427. The van der Waals surface area contributed by atoms with Crippen molar-refractivity contribution >= 4 is 58.6 Å². The van der Waals surface area contributed by atoms with Gasteiger partial charge in [-0.3, -0.25) is 34.3 Å². The highest BCUT2D eigenvalue weighted by molar-refractivity contribution is 6.33. The highest BCUT2D eigenvalue weighted by Gasteiger charge is 2.70. The number of carbonyl (C=O) groups excluding carboxylic acids is 4. The summed E-state index contributed by atoms with van der Waals surface area (Å²) in [6, 6.07) is 11.2. The number of hydrazine groups is 1. The molecule has 1 aromatic heterocycles. The monoisotopic (exact) mass is 786 g/mol. The molecular formula is C37H31Cl2F3N4O8. The summed E-state index contributed by atoms with van der Waals surface area (Å²) in [5.41, 5.74) is 0.891. The predicted octanol–water partition coefficient (Wildman–Crippen LogP) is 5.97. The highest BCUT2D eigenvalue weighted by atomic mass is 35.5. The smallest absolute Gasteiger partial charge is 0.417 e. The number of halogens is 5. The van der Waals surface area contributed by atoms with Crippen LogP contribution in [0.2, 0.25) is 10.0 Å². The van der Waals surface area contributed by atoms with Gasteiger partial charge in [0.05, 0.1) is 40.9 Å². The number of carbonyl (C=O) groups is 5. The van der Waals surface area contributed by atoms with Gasteiger partial charge in [0, 0.05) is 41.7 Å². The molecule has 3 aromatic rings. The maximum atomic E-state index is 15.3. The van der Waals surface area contributed by atoms with E-state index < -0.39 is 87.2 Å². The van der Waals surface area contributed by atoms with Crippen LogP contribution in [0.15, 0.2) is 66.4 Å². The van der Waals surface area contributed by atoms with Gasteiger partial charge < -0.3 is 14.9 Å². The second-order valence-electron chi connectivity index (χ2n) is 13.7. The van der Waals surface area contributed by atoms with Crippen LogP contribution >= 0.6 is 23.2 Å². The summed E-state index contributed by atoms with van der Waals surface area (Å²) in [7, 11) is 1.36. The van der Waals surface area contributed by atoms with E-state index in [1.54, 1.807) is 36.4 Å². The van der Waals surface area contributed by atoms with E-state index in [1.807, 2.05) is 0 Å². The van der Waals surface area contributed by atoms with Crippen LogP contribution in [0.1, 0.15) is 48.3 Å². The molecule has 2 saturated heterocycles. The quantitative estimate of drug-likeness (QED) is 0.174. The van der Waals surface area contributed by atoms with Crippen LogP contribution in [0.4, 0.5) is 19.0 Å². The number of amides is 4. The van der Waals surface area contributed by atoms with Gasteiger partial charge >= 0.3 is 12.1 Å². The number of pyridine rings is 1. The number of carboxylic acid groups (broad SMARTS) is 1. The Balaban J connectivity index is 1.41. The SMILES string of the molecule is COc1cc(O)ccc1[C@H]1C2=CC[C@@H]3C(=O)N(CCCC(=O)O)C(=O)[C@@H]3[C@@H]2C[C@H]2C(=O)N(Nc3ncc(C(F)(F)F)cc3Cl)C(=O)[C@@]12c1ccc(Cl)cc1. The van der Waals surface area contributed by atoms with Gasteiger partial charge in [-0.05, 0) is 55.0 Å². The Morgan fingerprint density at radius 1 is 1.04 bits per heavy atom. The van der Waals surface area contributed by atoms with Crippen molar-refractivity contribution in [3.05, 3.63) is 93.1 Å². The highest BCUT2D eigenvalue weighted by Crippen LogP contribution is 2.65. The summed E-state index contributed by atoms with van der Waals surface area (Å²) in [6.07, 6.45) is -2.69. The van der Waals surface area contributed by atoms with Crippen LogP contribution in [-0.4, -0.2) is 68.4 Å². The zero-order valence-corrected chi connectivity index (χ0v) is 29.8. The van der Waals surface area contributed by atoms with Gasteiger partial charge in [0.2, 0.25) is 11.8 Å². The molecule has 2 aliphatic carbocycles. The number of aromatic hydroxyl groups is 1. The van der Waals surface area contributed by atoms with E-state index in [4.69, 9.17) is 33.0 Å². The van der Waals surface area contributed by atoms with Crippen LogP contribution in [0.25, 0.3) is 0 Å². The first kappa shape index (κ1) is 37.2. The molecular weight excluding hydrogens is 756 g/mol. The lowest BCUT2D eigenvalue weighted by molar-refractivity contribution is -0.142. The molecule has 4 aliphatic rings. The molecule has 0 unspecified atom stereocenters. The number of phenolic OH excluding ortho intramolecular Hbond substituents is 1. The molecule has 3 heterocycles. The Kier molecular flexibility index (Phi) is 9.37. The topological polar surface area (TPSA) is 166 Å². The number of ether oxygens (including phenoxy) is 1. The summed E-state index contributed by atoms with van der Waals surface area (Å²) in [5.74, 6) is -8.94. The standard InChI is InChI=1S/C37H31Cl2F3N4O8/c1-54-27-14-20(47)8-9-22(27)30-21-10-11-23-29(34(52)45(32(23)50)12-2-3-28(48)49)24(21)15-25-33(51)46(35(53)36(25,30)17-4-6-19(38)7-5-17)44-31-26(39)13-18(16-43-31)37(40,41)42/h4-10,13-14,16,23-25,29-30,47H,2-3,11-12,15H2,1H3,(H,43,44)(H,48,49)/t23-,24+,25-,29-,30+,36+/m0/s1. The Morgan fingerprint density at radius 3 is 2.41 bits per heavy atom. The average molecular weight is 788 g/mol. The number of allylic oxidation sites excluding steroid dienone is 2. The normalized spacial score (nSPS) is 26.3. The van der Waals surface area contributed by atoms with Gasteiger partial charge in [0.15, 0.2) is 5.82 Å². The van der Waals surface area contributed by atoms with Crippen LogP contribution in [0.5, 0.6) is 11.5 Å². The molecule has 54 heavy (non-hydrogen) atoms. The van der Waals surface area contributed by atoms with E-state index in [-0.39, 0.29) is 43.7 Å². The van der Waals surface area contributed by atoms with Crippen molar-refractivity contribution in [3.63, 3.8) is 0 Å². The summed E-state index contributed by atoms with van der Waals surface area (Å²) in [5, 5.41) is 20.1. The van der Waals surface area contributed by atoms with Gasteiger partial charge in [-0.1, -0.05) is 53.1 Å². The average Bonchev–Trinajstić information content (AvgIpc) is 3.49. The number of likely N-dealkylation sites (tertiary alicyclic amines) is 1. The lowest BCUT2D eigenvalue weighted by atomic mass is 9.49. The number of methoxy groups -OCH3 is 1. The fourth-order valence-electron chi connectivity index (χ4n) is 8.74. The van der Waals surface area contributed by atoms with Gasteiger partial charge in [-0.25, -0.2) is 4.98 Å². The molecule has 6 atom stereocenters. The first-order chi connectivity index (χ1) is 25.6. The minimum Gasteiger partial charge on any atom is -0.508 e. The van der Waals surface area contributed by atoms with E-state index in [0.29, 0.717) is 39.0 Å². The Morgan fingerprint density at radius 2 is 1.76 bits per heavy atom. The molecule has 2 aromatic carbocycles. The fourth-order valence-corrected chi connectivity index (χ4v) is 9.07. The van der Waals surface area contributed by atoms with E-state index in [9.17, 15) is 37.5 Å². The number of aromatic nitrogens is 1. The predicted molar refractivity (Wildman–Crippen MR) is 185 cm³/mol. The Labute approximate surface area is 315 Å². The number of aliphatic carboxylic acids is 1. The number of rotatable bonds is 9. The molecule has 17 heteroatoms. The van der Waals surface area contributed by atoms with Crippen molar-refractivity contribution in [3.8, 4) is 11.5 Å². The third kappa shape index (κ3) is 5.84. The Hall–Kier alpha value is -5.15. The molecule has 7 rings (SSSR count). The molecule has 4 amide bonds. The molecule has 0 spiro atoms. The summed E-state index contributed by atoms with van der Waals surface area (Å²) >= 11 is 12.5. The van der Waals surface area contributed by atoms with E-state index >= 15 is 4.79 Å². The largest absolute Gasteiger partial charge is 0.508 e. The number of hydrogen-bond acceptors (Lipinski definition) is 9. The maximum Gasteiger partial charge on any atom is 0.417 e. The van der Waals surface area contributed by atoms with Crippen LogP contribution in [0.3, 0.4) is 0 Å². The first-order valence-electron chi connectivity index (χ1n) is 16.9. The van der Waals surface area contributed by atoms with Gasteiger partial charge in [-0.15, -0.1) is 0 Å². The molecule has 3 fully saturated rings. The van der Waals surface area contributed by atoms with E-state index in [2.05, 4.69) is 10.4 Å². The molecule has 0 radical (unpaired) electrons.